The molecule has 2 heterocycles. The third-order valence-corrected chi connectivity index (χ3v) is 3.15. The van der Waals surface area contributed by atoms with E-state index in [0.717, 1.165) is 25.9 Å². The van der Waals surface area contributed by atoms with Gasteiger partial charge in [0.05, 0.1) is 6.54 Å². The van der Waals surface area contributed by atoms with E-state index >= 15 is 0 Å². The van der Waals surface area contributed by atoms with Gasteiger partial charge in [0, 0.05) is 26.1 Å². The van der Waals surface area contributed by atoms with Crippen molar-refractivity contribution >= 4 is 11.8 Å². The third-order valence-electron chi connectivity index (χ3n) is 3.15. The van der Waals surface area contributed by atoms with Crippen LogP contribution in [0.4, 0.5) is 0 Å². The SMILES string of the molecule is CC(=O)N1CC(=O)N2CCCCC2C1. The average molecular weight is 196 g/mol. The largest absolute Gasteiger partial charge is 0.336 e. The molecule has 2 fully saturated rings. The molecule has 0 bridgehead atoms. The zero-order valence-electron chi connectivity index (χ0n) is 8.53. The van der Waals surface area contributed by atoms with Gasteiger partial charge in [-0.1, -0.05) is 0 Å². The smallest absolute Gasteiger partial charge is 0.242 e. The maximum Gasteiger partial charge on any atom is 0.242 e. The molecular formula is C10H16N2O2. The molecule has 0 aromatic heterocycles. The Labute approximate surface area is 83.9 Å². The molecule has 2 rings (SSSR count). The first-order chi connectivity index (χ1) is 6.68. The van der Waals surface area contributed by atoms with E-state index in [4.69, 9.17) is 0 Å². The van der Waals surface area contributed by atoms with Crippen LogP contribution in [0.3, 0.4) is 0 Å². The summed E-state index contributed by atoms with van der Waals surface area (Å²) in [4.78, 5) is 26.5. The van der Waals surface area contributed by atoms with Crippen LogP contribution in [0.15, 0.2) is 0 Å². The van der Waals surface area contributed by atoms with Crippen LogP contribution in [0.2, 0.25) is 0 Å². The number of amides is 2. The van der Waals surface area contributed by atoms with Crippen LogP contribution in [-0.4, -0.2) is 47.3 Å². The number of piperazine rings is 1. The van der Waals surface area contributed by atoms with E-state index in [-0.39, 0.29) is 24.4 Å². The highest BCUT2D eigenvalue weighted by atomic mass is 16.2. The van der Waals surface area contributed by atoms with Gasteiger partial charge in [-0.2, -0.15) is 0 Å². The highest BCUT2D eigenvalue weighted by molar-refractivity contribution is 5.85. The van der Waals surface area contributed by atoms with Crippen LogP contribution in [0.25, 0.3) is 0 Å². The average Bonchev–Trinajstić information content (AvgIpc) is 2.17. The Kier molecular flexibility index (Phi) is 2.44. The number of rotatable bonds is 0. The lowest BCUT2D eigenvalue weighted by Gasteiger charge is -2.43. The monoisotopic (exact) mass is 196 g/mol. The second-order valence-corrected chi connectivity index (χ2v) is 4.14. The van der Waals surface area contributed by atoms with Gasteiger partial charge in [0.15, 0.2) is 0 Å². The fourth-order valence-electron chi connectivity index (χ4n) is 2.33. The fraction of sp³-hybridized carbons (Fsp3) is 0.800. The summed E-state index contributed by atoms with van der Waals surface area (Å²) in [5.74, 6) is 0.139. The zero-order chi connectivity index (χ0) is 10.1. The van der Waals surface area contributed by atoms with Gasteiger partial charge < -0.3 is 9.80 Å². The molecule has 0 aliphatic carbocycles. The molecule has 0 N–H and O–H groups in total. The quantitative estimate of drug-likeness (QED) is 0.556. The van der Waals surface area contributed by atoms with Crippen molar-refractivity contribution in [1.29, 1.82) is 0 Å². The molecule has 2 aliphatic rings. The molecule has 2 aliphatic heterocycles. The molecule has 4 nitrogen and oxygen atoms in total. The van der Waals surface area contributed by atoms with Gasteiger partial charge in [-0.3, -0.25) is 9.59 Å². The zero-order valence-corrected chi connectivity index (χ0v) is 8.53. The van der Waals surface area contributed by atoms with Crippen molar-refractivity contribution in [2.45, 2.75) is 32.2 Å². The summed E-state index contributed by atoms with van der Waals surface area (Å²) in [6.45, 7) is 3.44. The Hall–Kier alpha value is -1.06. The van der Waals surface area contributed by atoms with Crippen molar-refractivity contribution in [1.82, 2.24) is 9.80 Å². The number of piperidine rings is 1. The summed E-state index contributed by atoms with van der Waals surface area (Å²) in [5.41, 5.74) is 0. The third kappa shape index (κ3) is 1.61. The second kappa shape index (κ2) is 3.59. The highest BCUT2D eigenvalue weighted by Gasteiger charge is 2.34. The molecule has 1 unspecified atom stereocenters. The molecule has 0 radical (unpaired) electrons. The van der Waals surface area contributed by atoms with Crippen LogP contribution in [0.5, 0.6) is 0 Å². The first-order valence-corrected chi connectivity index (χ1v) is 5.23. The fourth-order valence-corrected chi connectivity index (χ4v) is 2.33. The van der Waals surface area contributed by atoms with E-state index in [1.54, 1.807) is 4.90 Å². The van der Waals surface area contributed by atoms with Crippen LogP contribution < -0.4 is 0 Å². The topological polar surface area (TPSA) is 40.6 Å². The first-order valence-electron chi connectivity index (χ1n) is 5.23. The van der Waals surface area contributed by atoms with Crippen LogP contribution >= 0.6 is 0 Å². The highest BCUT2D eigenvalue weighted by Crippen LogP contribution is 2.21. The van der Waals surface area contributed by atoms with Gasteiger partial charge in [0.25, 0.3) is 0 Å². The van der Waals surface area contributed by atoms with E-state index in [2.05, 4.69) is 0 Å². The second-order valence-electron chi connectivity index (χ2n) is 4.14. The molecule has 4 heteroatoms. The Morgan fingerprint density at radius 1 is 1.43 bits per heavy atom. The molecule has 0 aromatic rings. The molecule has 2 saturated heterocycles. The Morgan fingerprint density at radius 2 is 2.21 bits per heavy atom. The molecule has 14 heavy (non-hydrogen) atoms. The summed E-state index contributed by atoms with van der Waals surface area (Å²) in [6, 6.07) is 0.286. The van der Waals surface area contributed by atoms with Crippen LogP contribution in [0, 0.1) is 0 Å². The lowest BCUT2D eigenvalue weighted by atomic mass is 9.99. The number of fused-ring (bicyclic) bond motifs is 1. The van der Waals surface area contributed by atoms with Crippen LogP contribution in [0.1, 0.15) is 26.2 Å². The molecule has 0 aromatic carbocycles. The number of nitrogens with zero attached hydrogens (tertiary/aromatic N) is 2. The van der Waals surface area contributed by atoms with Crippen LogP contribution in [-0.2, 0) is 9.59 Å². The van der Waals surface area contributed by atoms with Gasteiger partial charge in [-0.25, -0.2) is 0 Å². The van der Waals surface area contributed by atoms with E-state index < -0.39 is 0 Å². The Morgan fingerprint density at radius 3 is 2.93 bits per heavy atom. The van der Waals surface area contributed by atoms with Gasteiger partial charge in [0.1, 0.15) is 0 Å². The lowest BCUT2D eigenvalue weighted by Crippen LogP contribution is -2.58. The van der Waals surface area contributed by atoms with Crippen molar-refractivity contribution < 1.29 is 9.59 Å². The summed E-state index contributed by atoms with van der Waals surface area (Å²) in [5, 5.41) is 0. The minimum atomic E-state index is 0.0172. The minimum absolute atomic E-state index is 0.0172. The maximum absolute atomic E-state index is 11.7. The molecule has 1 atom stereocenters. The van der Waals surface area contributed by atoms with Crippen molar-refractivity contribution in [3.8, 4) is 0 Å². The van der Waals surface area contributed by atoms with Gasteiger partial charge in [-0.15, -0.1) is 0 Å². The first kappa shape index (κ1) is 9.49. The van der Waals surface area contributed by atoms with Gasteiger partial charge >= 0.3 is 0 Å². The Balaban J connectivity index is 2.08. The number of carbonyl (C=O) groups is 2. The van der Waals surface area contributed by atoms with Gasteiger partial charge in [0.2, 0.25) is 11.8 Å². The standard InChI is InChI=1S/C10H16N2O2/c1-8(13)11-6-9-4-2-3-5-12(9)10(14)7-11/h9H,2-7H2,1H3. The normalized spacial score (nSPS) is 27.5. The van der Waals surface area contributed by atoms with Crippen molar-refractivity contribution in [2.75, 3.05) is 19.6 Å². The summed E-state index contributed by atoms with van der Waals surface area (Å²) < 4.78 is 0. The summed E-state index contributed by atoms with van der Waals surface area (Å²) in [7, 11) is 0. The predicted molar refractivity (Wildman–Crippen MR) is 51.6 cm³/mol. The van der Waals surface area contributed by atoms with Crippen molar-refractivity contribution in [2.24, 2.45) is 0 Å². The number of hydrogen-bond acceptors (Lipinski definition) is 2. The maximum atomic E-state index is 11.7. The minimum Gasteiger partial charge on any atom is -0.336 e. The lowest BCUT2D eigenvalue weighted by molar-refractivity contribution is -0.149. The van der Waals surface area contributed by atoms with E-state index in [1.165, 1.54) is 13.3 Å². The number of carbonyl (C=O) groups excluding carboxylic acids is 2. The molecule has 78 valence electrons. The Bertz CT molecular complexity index is 265. The van der Waals surface area contributed by atoms with Gasteiger partial charge in [-0.05, 0) is 19.3 Å². The molecule has 0 saturated carbocycles. The van der Waals surface area contributed by atoms with Crippen molar-refractivity contribution in [3.63, 3.8) is 0 Å². The predicted octanol–water partition coefficient (Wildman–Crippen LogP) is 0.230. The van der Waals surface area contributed by atoms with E-state index in [1.807, 2.05) is 4.90 Å². The summed E-state index contributed by atoms with van der Waals surface area (Å²) in [6.07, 6.45) is 3.35. The number of hydrogen-bond donors (Lipinski definition) is 0. The van der Waals surface area contributed by atoms with E-state index in [9.17, 15) is 9.59 Å². The summed E-state index contributed by atoms with van der Waals surface area (Å²) >= 11 is 0. The molecule has 0 spiro atoms. The molecular weight excluding hydrogens is 180 g/mol. The van der Waals surface area contributed by atoms with E-state index in [0.29, 0.717) is 0 Å². The van der Waals surface area contributed by atoms with Crippen molar-refractivity contribution in [3.05, 3.63) is 0 Å². The molecule has 2 amide bonds.